The topological polar surface area (TPSA) is 46.3 Å². The van der Waals surface area contributed by atoms with Crippen LogP contribution in [0.1, 0.15) is 37.8 Å². The van der Waals surface area contributed by atoms with E-state index in [4.69, 9.17) is 5.73 Å². The van der Waals surface area contributed by atoms with Gasteiger partial charge in [0, 0.05) is 13.6 Å². The van der Waals surface area contributed by atoms with Gasteiger partial charge in [-0.15, -0.1) is 0 Å². The lowest BCUT2D eigenvalue weighted by molar-refractivity contribution is -0.131. The monoisotopic (exact) mass is 234 g/mol. The second kappa shape index (κ2) is 7.07. The summed E-state index contributed by atoms with van der Waals surface area (Å²) in [6, 6.07) is 8.97. The Labute approximate surface area is 104 Å². The first-order valence-corrected chi connectivity index (χ1v) is 6.22. The molecule has 0 spiro atoms. The van der Waals surface area contributed by atoms with Gasteiger partial charge in [-0.3, -0.25) is 4.79 Å². The van der Waals surface area contributed by atoms with Crippen LogP contribution in [0.4, 0.5) is 0 Å². The fraction of sp³-hybridized carbons (Fsp3) is 0.500. The van der Waals surface area contributed by atoms with Crippen LogP contribution in [0.3, 0.4) is 0 Å². The van der Waals surface area contributed by atoms with Crippen molar-refractivity contribution in [1.29, 1.82) is 0 Å². The Morgan fingerprint density at radius 2 is 1.94 bits per heavy atom. The summed E-state index contributed by atoms with van der Waals surface area (Å²) in [5.74, 6) is -0.00713. The quantitative estimate of drug-likeness (QED) is 0.768. The maximum absolute atomic E-state index is 12.0. The van der Waals surface area contributed by atoms with Crippen molar-refractivity contribution in [3.05, 3.63) is 35.9 Å². The maximum atomic E-state index is 12.0. The molecular formula is C14H22N2O. The molecule has 0 saturated carbocycles. The highest BCUT2D eigenvalue weighted by Crippen LogP contribution is 2.12. The van der Waals surface area contributed by atoms with Gasteiger partial charge >= 0.3 is 0 Å². The Hall–Kier alpha value is -1.35. The normalized spacial score (nSPS) is 12.2. The molecule has 2 N–H and O–H groups in total. The standard InChI is InChI=1S/C14H22N2O/c1-3-4-8-11-16(2)14(17)13(15)12-9-6-5-7-10-12/h5-7,9-10,13H,3-4,8,11,15H2,1-2H3/t13-/m0/s1. The summed E-state index contributed by atoms with van der Waals surface area (Å²) in [6.07, 6.45) is 3.35. The number of carbonyl (C=O) groups excluding carboxylic acids is 1. The number of benzene rings is 1. The van der Waals surface area contributed by atoms with E-state index in [1.165, 1.54) is 0 Å². The van der Waals surface area contributed by atoms with Gasteiger partial charge in [-0.1, -0.05) is 50.1 Å². The number of rotatable bonds is 6. The predicted molar refractivity (Wildman–Crippen MR) is 70.5 cm³/mol. The molecule has 1 aromatic rings. The van der Waals surface area contributed by atoms with E-state index in [1.807, 2.05) is 37.4 Å². The third kappa shape index (κ3) is 4.19. The molecule has 0 aliphatic carbocycles. The lowest BCUT2D eigenvalue weighted by atomic mass is 10.1. The van der Waals surface area contributed by atoms with E-state index in [2.05, 4.69) is 6.92 Å². The lowest BCUT2D eigenvalue weighted by Gasteiger charge is -2.21. The summed E-state index contributed by atoms with van der Waals surface area (Å²) in [5.41, 5.74) is 6.83. The predicted octanol–water partition coefficient (Wildman–Crippen LogP) is 2.33. The molecule has 0 heterocycles. The molecule has 94 valence electrons. The van der Waals surface area contributed by atoms with Crippen molar-refractivity contribution in [3.63, 3.8) is 0 Å². The van der Waals surface area contributed by atoms with Gasteiger partial charge in [0.15, 0.2) is 0 Å². The zero-order chi connectivity index (χ0) is 12.7. The molecule has 0 saturated heterocycles. The van der Waals surface area contributed by atoms with E-state index in [1.54, 1.807) is 4.90 Å². The molecule has 0 aromatic heterocycles. The highest BCUT2D eigenvalue weighted by molar-refractivity contribution is 5.82. The van der Waals surface area contributed by atoms with Crippen LogP contribution >= 0.6 is 0 Å². The van der Waals surface area contributed by atoms with Crippen LogP contribution in [0.15, 0.2) is 30.3 Å². The maximum Gasteiger partial charge on any atom is 0.243 e. The molecule has 1 atom stereocenters. The minimum Gasteiger partial charge on any atom is -0.344 e. The number of amides is 1. The Morgan fingerprint density at radius 3 is 2.53 bits per heavy atom. The summed E-state index contributed by atoms with van der Waals surface area (Å²) in [7, 11) is 1.82. The smallest absolute Gasteiger partial charge is 0.243 e. The van der Waals surface area contributed by atoms with Crippen molar-refractivity contribution in [2.75, 3.05) is 13.6 Å². The molecule has 3 nitrogen and oxygen atoms in total. The number of unbranched alkanes of at least 4 members (excludes halogenated alkanes) is 2. The SMILES string of the molecule is CCCCCN(C)C(=O)[C@@H](N)c1ccccc1. The van der Waals surface area contributed by atoms with Crippen molar-refractivity contribution >= 4 is 5.91 Å². The molecule has 0 radical (unpaired) electrons. The number of nitrogens with zero attached hydrogens (tertiary/aromatic N) is 1. The van der Waals surface area contributed by atoms with Crippen LogP contribution in [0.25, 0.3) is 0 Å². The minimum absolute atomic E-state index is 0.00713. The average molecular weight is 234 g/mol. The third-order valence-corrected chi connectivity index (χ3v) is 2.90. The van der Waals surface area contributed by atoms with Crippen molar-refractivity contribution in [2.24, 2.45) is 5.73 Å². The summed E-state index contributed by atoms with van der Waals surface area (Å²) >= 11 is 0. The van der Waals surface area contributed by atoms with E-state index < -0.39 is 6.04 Å². The second-order valence-corrected chi connectivity index (χ2v) is 4.36. The van der Waals surface area contributed by atoms with E-state index in [0.717, 1.165) is 31.4 Å². The zero-order valence-corrected chi connectivity index (χ0v) is 10.7. The van der Waals surface area contributed by atoms with Crippen molar-refractivity contribution in [3.8, 4) is 0 Å². The van der Waals surface area contributed by atoms with Crippen LogP contribution in [-0.2, 0) is 4.79 Å². The van der Waals surface area contributed by atoms with Gasteiger partial charge in [0.2, 0.25) is 5.91 Å². The molecule has 0 bridgehead atoms. The number of likely N-dealkylation sites (N-methyl/N-ethyl adjacent to an activating group) is 1. The van der Waals surface area contributed by atoms with Crippen LogP contribution < -0.4 is 5.73 Å². The number of hydrogen-bond donors (Lipinski definition) is 1. The summed E-state index contributed by atoms with van der Waals surface area (Å²) in [6.45, 7) is 2.94. The summed E-state index contributed by atoms with van der Waals surface area (Å²) < 4.78 is 0. The zero-order valence-electron chi connectivity index (χ0n) is 10.7. The Bertz CT molecular complexity index is 337. The molecule has 1 rings (SSSR count). The Balaban J connectivity index is 2.51. The van der Waals surface area contributed by atoms with Crippen LogP contribution in [0, 0.1) is 0 Å². The summed E-state index contributed by atoms with van der Waals surface area (Å²) in [4.78, 5) is 13.8. The van der Waals surface area contributed by atoms with Gasteiger partial charge in [-0.2, -0.15) is 0 Å². The largest absolute Gasteiger partial charge is 0.344 e. The van der Waals surface area contributed by atoms with Gasteiger partial charge in [0.1, 0.15) is 6.04 Å². The Morgan fingerprint density at radius 1 is 1.29 bits per heavy atom. The van der Waals surface area contributed by atoms with E-state index in [0.29, 0.717) is 0 Å². The first kappa shape index (κ1) is 13.7. The van der Waals surface area contributed by atoms with Gasteiger partial charge < -0.3 is 10.6 Å². The Kier molecular flexibility index (Phi) is 5.70. The van der Waals surface area contributed by atoms with E-state index in [9.17, 15) is 4.79 Å². The number of carbonyl (C=O) groups is 1. The minimum atomic E-state index is -0.539. The fourth-order valence-electron chi connectivity index (χ4n) is 1.75. The van der Waals surface area contributed by atoms with Crippen LogP contribution in [-0.4, -0.2) is 24.4 Å². The van der Waals surface area contributed by atoms with E-state index in [-0.39, 0.29) is 5.91 Å². The van der Waals surface area contributed by atoms with E-state index >= 15 is 0 Å². The summed E-state index contributed by atoms with van der Waals surface area (Å²) in [5, 5.41) is 0. The lowest BCUT2D eigenvalue weighted by Crippen LogP contribution is -2.36. The molecule has 0 fully saturated rings. The molecule has 1 aromatic carbocycles. The van der Waals surface area contributed by atoms with Gasteiger partial charge in [0.25, 0.3) is 0 Å². The molecule has 0 aliphatic heterocycles. The molecule has 1 amide bonds. The van der Waals surface area contributed by atoms with Gasteiger partial charge in [0.05, 0.1) is 0 Å². The van der Waals surface area contributed by atoms with Crippen molar-refractivity contribution in [1.82, 2.24) is 4.90 Å². The number of hydrogen-bond acceptors (Lipinski definition) is 2. The molecular weight excluding hydrogens is 212 g/mol. The number of nitrogens with two attached hydrogens (primary N) is 1. The molecule has 0 unspecified atom stereocenters. The average Bonchev–Trinajstić information content (AvgIpc) is 2.38. The van der Waals surface area contributed by atoms with Crippen molar-refractivity contribution in [2.45, 2.75) is 32.2 Å². The molecule has 17 heavy (non-hydrogen) atoms. The van der Waals surface area contributed by atoms with Gasteiger partial charge in [-0.25, -0.2) is 0 Å². The fourth-order valence-corrected chi connectivity index (χ4v) is 1.75. The van der Waals surface area contributed by atoms with Crippen LogP contribution in [0.5, 0.6) is 0 Å². The first-order valence-electron chi connectivity index (χ1n) is 6.22. The highest BCUT2D eigenvalue weighted by atomic mass is 16.2. The third-order valence-electron chi connectivity index (χ3n) is 2.90. The van der Waals surface area contributed by atoms with Gasteiger partial charge in [-0.05, 0) is 12.0 Å². The first-order chi connectivity index (χ1) is 8.16. The second-order valence-electron chi connectivity index (χ2n) is 4.36. The molecule has 3 heteroatoms. The van der Waals surface area contributed by atoms with Crippen LogP contribution in [0.2, 0.25) is 0 Å². The molecule has 0 aliphatic rings. The van der Waals surface area contributed by atoms with Crippen molar-refractivity contribution < 1.29 is 4.79 Å². The highest BCUT2D eigenvalue weighted by Gasteiger charge is 2.18.